The van der Waals surface area contributed by atoms with Crippen molar-refractivity contribution in [2.24, 2.45) is 0 Å². The first-order valence-corrected chi connectivity index (χ1v) is 12.0. The molecule has 1 aromatic heterocycles. The van der Waals surface area contributed by atoms with Crippen LogP contribution in [0, 0.1) is 0 Å². The molecule has 0 radical (unpaired) electrons. The normalized spacial score (nSPS) is 12.2. The maximum Gasteiger partial charge on any atom is 0.573 e. The van der Waals surface area contributed by atoms with E-state index in [1.165, 1.54) is 24.3 Å². The summed E-state index contributed by atoms with van der Waals surface area (Å²) in [6.07, 6.45) is -0.402. The summed E-state index contributed by atoms with van der Waals surface area (Å²) in [6.45, 7) is 7.34. The number of carbonyl (C=O) groups is 1. The van der Waals surface area contributed by atoms with Crippen molar-refractivity contribution in [3.8, 4) is 22.6 Å². The summed E-state index contributed by atoms with van der Waals surface area (Å²) in [4.78, 5) is 24.0. The second kappa shape index (κ2) is 12.5. The van der Waals surface area contributed by atoms with Gasteiger partial charge in [-0.25, -0.2) is 9.59 Å². The van der Waals surface area contributed by atoms with E-state index < -0.39 is 23.7 Å². The lowest BCUT2D eigenvalue weighted by molar-refractivity contribution is -0.274. The molecule has 0 aliphatic carbocycles. The Labute approximate surface area is 212 Å². The van der Waals surface area contributed by atoms with Crippen LogP contribution in [0.25, 0.3) is 22.1 Å². The Morgan fingerprint density at radius 2 is 1.89 bits per heavy atom. The summed E-state index contributed by atoms with van der Waals surface area (Å²) in [5.41, 5.74) is 0.0539. The molecule has 3 aromatic rings. The van der Waals surface area contributed by atoms with E-state index in [4.69, 9.17) is 13.9 Å². The lowest BCUT2D eigenvalue weighted by atomic mass is 10.00. The van der Waals surface area contributed by atoms with E-state index in [-0.39, 0.29) is 29.4 Å². The average Bonchev–Trinajstić information content (AvgIpc) is 2.83. The third kappa shape index (κ3) is 8.13. The fourth-order valence-corrected chi connectivity index (χ4v) is 3.75. The highest BCUT2D eigenvalue weighted by atomic mass is 19.4. The van der Waals surface area contributed by atoms with E-state index in [1.54, 1.807) is 25.1 Å². The van der Waals surface area contributed by atoms with E-state index >= 15 is 0 Å². The van der Waals surface area contributed by atoms with Gasteiger partial charge in [-0.3, -0.25) is 0 Å². The summed E-state index contributed by atoms with van der Waals surface area (Å²) in [7, 11) is 0. The zero-order chi connectivity index (χ0) is 27.0. The average molecular weight is 519 g/mol. The minimum absolute atomic E-state index is 0.00407. The first-order chi connectivity index (χ1) is 17.6. The number of hydrogen-bond donors (Lipinski definition) is 0. The fourth-order valence-electron chi connectivity index (χ4n) is 3.75. The van der Waals surface area contributed by atoms with Crippen molar-refractivity contribution in [2.45, 2.75) is 58.4 Å². The number of fused-ring (bicyclic) bond motifs is 1. The molecule has 0 spiro atoms. The van der Waals surface area contributed by atoms with Gasteiger partial charge in [-0.05, 0) is 49.6 Å². The SMILES string of the molecule is C=CC(=O)OC(C)CCOc1ccc2cc(-c3ccc(CCCCC)cc3OC(F)(F)F)c(=O)oc2c1. The van der Waals surface area contributed by atoms with Crippen molar-refractivity contribution in [3.05, 3.63) is 71.1 Å². The Morgan fingerprint density at radius 1 is 1.11 bits per heavy atom. The Bertz CT molecular complexity index is 1300. The number of esters is 1. The van der Waals surface area contributed by atoms with Crippen LogP contribution >= 0.6 is 0 Å². The topological polar surface area (TPSA) is 75.0 Å². The van der Waals surface area contributed by atoms with Crippen LogP contribution in [0.1, 0.15) is 45.1 Å². The molecule has 1 atom stereocenters. The van der Waals surface area contributed by atoms with Crippen LogP contribution < -0.4 is 15.1 Å². The first kappa shape index (κ1) is 27.8. The lowest BCUT2D eigenvalue weighted by Gasteiger charge is -2.15. The lowest BCUT2D eigenvalue weighted by Crippen LogP contribution is -2.18. The zero-order valence-corrected chi connectivity index (χ0v) is 20.7. The van der Waals surface area contributed by atoms with Crippen LogP contribution in [0.4, 0.5) is 13.2 Å². The molecule has 2 aromatic carbocycles. The summed E-state index contributed by atoms with van der Waals surface area (Å²) in [5, 5.41) is 0.500. The molecule has 0 bridgehead atoms. The number of alkyl halides is 3. The molecular formula is C28H29F3O6. The van der Waals surface area contributed by atoms with Crippen LogP contribution in [-0.4, -0.2) is 25.0 Å². The number of unbranched alkanes of at least 4 members (excludes halogenated alkanes) is 2. The molecule has 3 rings (SSSR count). The summed E-state index contributed by atoms with van der Waals surface area (Å²) >= 11 is 0. The van der Waals surface area contributed by atoms with Gasteiger partial charge in [0.05, 0.1) is 12.2 Å². The quantitative estimate of drug-likeness (QED) is 0.111. The van der Waals surface area contributed by atoms with Gasteiger partial charge < -0.3 is 18.6 Å². The Balaban J connectivity index is 1.84. The van der Waals surface area contributed by atoms with Crippen molar-refractivity contribution in [1.82, 2.24) is 0 Å². The van der Waals surface area contributed by atoms with Gasteiger partial charge in [-0.2, -0.15) is 0 Å². The molecule has 37 heavy (non-hydrogen) atoms. The number of carbonyl (C=O) groups excluding carboxylic acids is 1. The van der Waals surface area contributed by atoms with Gasteiger partial charge in [-0.1, -0.05) is 38.5 Å². The van der Waals surface area contributed by atoms with Crippen LogP contribution in [0.15, 0.2) is 64.3 Å². The van der Waals surface area contributed by atoms with Crippen molar-refractivity contribution in [3.63, 3.8) is 0 Å². The van der Waals surface area contributed by atoms with Crippen LogP contribution in [-0.2, 0) is 16.0 Å². The molecule has 0 saturated heterocycles. The monoisotopic (exact) mass is 518 g/mol. The Kier molecular flexibility index (Phi) is 9.38. The van der Waals surface area contributed by atoms with Crippen LogP contribution in [0.2, 0.25) is 0 Å². The smallest absolute Gasteiger partial charge is 0.493 e. The van der Waals surface area contributed by atoms with Gasteiger partial charge in [0.15, 0.2) is 0 Å². The summed E-state index contributed by atoms with van der Waals surface area (Å²) < 4.78 is 59.8. The molecule has 1 heterocycles. The van der Waals surface area contributed by atoms with Crippen molar-refractivity contribution < 1.29 is 36.6 Å². The molecule has 1 unspecified atom stereocenters. The third-order valence-electron chi connectivity index (χ3n) is 5.62. The van der Waals surface area contributed by atoms with Crippen molar-refractivity contribution in [2.75, 3.05) is 6.61 Å². The van der Waals surface area contributed by atoms with Gasteiger partial charge >= 0.3 is 18.0 Å². The number of aryl methyl sites for hydroxylation is 1. The van der Waals surface area contributed by atoms with Crippen LogP contribution in [0.5, 0.6) is 11.5 Å². The molecule has 0 aliphatic heterocycles. The standard InChI is InChI=1S/C28H29F3O6/c1-4-6-7-8-19-9-12-22(25(15-19)37-28(29,30)31)23-16-20-10-11-21(17-24(20)36-27(23)33)34-14-13-18(3)35-26(32)5-2/h5,9-12,15-18H,2,4,6-8,13-14H2,1,3H3. The Morgan fingerprint density at radius 3 is 2.59 bits per heavy atom. The largest absolute Gasteiger partial charge is 0.573 e. The minimum Gasteiger partial charge on any atom is -0.493 e. The molecule has 9 heteroatoms. The van der Waals surface area contributed by atoms with Gasteiger partial charge in [0.1, 0.15) is 23.2 Å². The van der Waals surface area contributed by atoms with Gasteiger partial charge in [0.2, 0.25) is 0 Å². The van der Waals surface area contributed by atoms with E-state index in [2.05, 4.69) is 11.3 Å². The number of benzene rings is 2. The van der Waals surface area contributed by atoms with E-state index in [9.17, 15) is 22.8 Å². The predicted octanol–water partition coefficient (Wildman–Crippen LogP) is 6.98. The maximum absolute atomic E-state index is 13.1. The minimum atomic E-state index is -4.92. The van der Waals surface area contributed by atoms with E-state index in [0.29, 0.717) is 29.5 Å². The highest BCUT2D eigenvalue weighted by molar-refractivity contribution is 5.84. The number of ether oxygens (including phenoxy) is 3. The maximum atomic E-state index is 13.1. The van der Waals surface area contributed by atoms with Crippen molar-refractivity contribution in [1.29, 1.82) is 0 Å². The molecular weight excluding hydrogens is 489 g/mol. The third-order valence-corrected chi connectivity index (χ3v) is 5.62. The highest BCUT2D eigenvalue weighted by Gasteiger charge is 2.33. The molecule has 0 N–H and O–H groups in total. The van der Waals surface area contributed by atoms with E-state index in [1.807, 2.05) is 6.92 Å². The number of hydrogen-bond acceptors (Lipinski definition) is 6. The first-order valence-electron chi connectivity index (χ1n) is 12.0. The van der Waals surface area contributed by atoms with Crippen molar-refractivity contribution >= 4 is 16.9 Å². The van der Waals surface area contributed by atoms with E-state index in [0.717, 1.165) is 25.3 Å². The summed E-state index contributed by atoms with van der Waals surface area (Å²) in [5.74, 6) is -0.548. The highest BCUT2D eigenvalue weighted by Crippen LogP contribution is 2.35. The fraction of sp³-hybridized carbons (Fsp3) is 0.357. The second-order valence-electron chi connectivity index (χ2n) is 8.57. The Hall–Kier alpha value is -3.75. The van der Waals surface area contributed by atoms with Gasteiger partial charge in [0.25, 0.3) is 0 Å². The number of halogens is 3. The molecule has 0 fully saturated rings. The zero-order valence-electron chi connectivity index (χ0n) is 20.7. The predicted molar refractivity (Wildman–Crippen MR) is 134 cm³/mol. The summed E-state index contributed by atoms with van der Waals surface area (Å²) in [6, 6.07) is 10.8. The van der Waals surface area contributed by atoms with Gasteiger partial charge in [0, 0.05) is 29.5 Å². The molecule has 0 saturated carbocycles. The molecule has 6 nitrogen and oxygen atoms in total. The second-order valence-corrected chi connectivity index (χ2v) is 8.57. The molecule has 0 amide bonds. The molecule has 0 aliphatic rings. The van der Waals surface area contributed by atoms with Crippen LogP contribution in [0.3, 0.4) is 0 Å². The molecule has 198 valence electrons. The van der Waals surface area contributed by atoms with Gasteiger partial charge in [-0.15, -0.1) is 13.2 Å². The number of rotatable bonds is 12.